The van der Waals surface area contributed by atoms with Crippen molar-refractivity contribution in [2.75, 3.05) is 5.73 Å². The smallest absolute Gasteiger partial charge is 0.131 e. The van der Waals surface area contributed by atoms with Crippen molar-refractivity contribution in [1.82, 2.24) is 9.55 Å². The molecule has 2 N–H and O–H groups in total. The van der Waals surface area contributed by atoms with Crippen LogP contribution in [0.2, 0.25) is 0 Å². The van der Waals surface area contributed by atoms with Crippen LogP contribution in [0.25, 0.3) is 11.3 Å². The van der Waals surface area contributed by atoms with Crippen LogP contribution in [0.3, 0.4) is 0 Å². The van der Waals surface area contributed by atoms with E-state index in [0.717, 1.165) is 21.6 Å². The molecule has 0 aliphatic rings. The van der Waals surface area contributed by atoms with Crippen LogP contribution >= 0.6 is 15.9 Å². The molecule has 84 valence electrons. The van der Waals surface area contributed by atoms with Gasteiger partial charge in [0.05, 0.1) is 0 Å². The van der Waals surface area contributed by atoms with Crippen LogP contribution in [0.15, 0.2) is 22.7 Å². The van der Waals surface area contributed by atoms with E-state index in [2.05, 4.69) is 33.9 Å². The van der Waals surface area contributed by atoms with Crippen molar-refractivity contribution in [3.8, 4) is 11.3 Å². The third-order valence-electron chi connectivity index (χ3n) is 2.81. The van der Waals surface area contributed by atoms with Gasteiger partial charge in [0.25, 0.3) is 0 Å². The van der Waals surface area contributed by atoms with Crippen molar-refractivity contribution in [3.63, 3.8) is 0 Å². The highest BCUT2D eigenvalue weighted by atomic mass is 79.9. The lowest BCUT2D eigenvalue weighted by Gasteiger charge is -2.03. The topological polar surface area (TPSA) is 43.8 Å². The van der Waals surface area contributed by atoms with Gasteiger partial charge in [-0.2, -0.15) is 0 Å². The minimum absolute atomic E-state index is 0.702. The fraction of sp³-hybridized carbons (Fsp3) is 0.250. The Kier molecular flexibility index (Phi) is 2.76. The number of aromatic nitrogens is 2. The summed E-state index contributed by atoms with van der Waals surface area (Å²) in [6.07, 6.45) is 0. The summed E-state index contributed by atoms with van der Waals surface area (Å²) in [5, 5.41) is 0. The van der Waals surface area contributed by atoms with Crippen LogP contribution in [0, 0.1) is 13.8 Å². The number of nitrogen functional groups attached to an aromatic ring is 1. The molecular formula is C12H14BrN3. The molecule has 0 aliphatic heterocycles. The summed E-state index contributed by atoms with van der Waals surface area (Å²) >= 11 is 3.52. The molecule has 0 atom stereocenters. The van der Waals surface area contributed by atoms with E-state index in [1.165, 1.54) is 5.56 Å². The summed E-state index contributed by atoms with van der Waals surface area (Å²) < 4.78 is 2.97. The van der Waals surface area contributed by atoms with Crippen LogP contribution in [0.5, 0.6) is 0 Å². The van der Waals surface area contributed by atoms with E-state index in [4.69, 9.17) is 5.73 Å². The highest BCUT2D eigenvalue weighted by Gasteiger charge is 2.11. The summed E-state index contributed by atoms with van der Waals surface area (Å²) in [6, 6.07) is 6.15. The maximum Gasteiger partial charge on any atom is 0.131 e. The zero-order valence-corrected chi connectivity index (χ0v) is 11.2. The molecule has 1 aromatic heterocycles. The highest BCUT2D eigenvalue weighted by molar-refractivity contribution is 9.10. The molecule has 0 bridgehead atoms. The average Bonchev–Trinajstić information content (AvgIpc) is 2.50. The normalized spacial score (nSPS) is 10.8. The van der Waals surface area contributed by atoms with Gasteiger partial charge in [-0.15, -0.1) is 0 Å². The molecule has 0 amide bonds. The van der Waals surface area contributed by atoms with Gasteiger partial charge in [-0.25, -0.2) is 4.98 Å². The molecule has 16 heavy (non-hydrogen) atoms. The molecule has 2 rings (SSSR count). The van der Waals surface area contributed by atoms with Crippen LogP contribution in [0.4, 0.5) is 5.82 Å². The van der Waals surface area contributed by atoms with Crippen molar-refractivity contribution in [1.29, 1.82) is 0 Å². The molecule has 0 radical (unpaired) electrons. The first-order chi connectivity index (χ1) is 7.50. The number of anilines is 1. The Labute approximate surface area is 103 Å². The van der Waals surface area contributed by atoms with Gasteiger partial charge < -0.3 is 10.3 Å². The average molecular weight is 280 g/mol. The standard InChI is InChI=1S/C12H14BrN3/c1-7-4-5-9(6-10(7)13)11-12(14)16(3)8(2)15-11/h4-6H,14H2,1-3H3. The largest absolute Gasteiger partial charge is 0.383 e. The molecule has 1 aromatic carbocycles. The number of rotatable bonds is 1. The van der Waals surface area contributed by atoms with Gasteiger partial charge in [-0.1, -0.05) is 28.1 Å². The summed E-state index contributed by atoms with van der Waals surface area (Å²) in [4.78, 5) is 4.47. The van der Waals surface area contributed by atoms with Gasteiger partial charge in [-0.05, 0) is 25.5 Å². The summed E-state index contributed by atoms with van der Waals surface area (Å²) in [6.45, 7) is 4.00. The minimum atomic E-state index is 0.702. The van der Waals surface area contributed by atoms with Gasteiger partial charge in [0.15, 0.2) is 0 Å². The van der Waals surface area contributed by atoms with Crippen molar-refractivity contribution in [2.24, 2.45) is 7.05 Å². The molecular weight excluding hydrogens is 266 g/mol. The first-order valence-corrected chi connectivity index (χ1v) is 5.85. The zero-order valence-electron chi connectivity index (χ0n) is 9.58. The third-order valence-corrected chi connectivity index (χ3v) is 3.66. The Morgan fingerprint density at radius 1 is 1.31 bits per heavy atom. The Balaban J connectivity index is 2.59. The summed E-state index contributed by atoms with van der Waals surface area (Å²) in [5.41, 5.74) is 9.10. The predicted octanol–water partition coefficient (Wildman–Crippen LogP) is 3.05. The monoisotopic (exact) mass is 279 g/mol. The second-order valence-corrected chi connectivity index (χ2v) is 4.77. The molecule has 0 unspecified atom stereocenters. The third kappa shape index (κ3) is 1.73. The Hall–Kier alpha value is -1.29. The van der Waals surface area contributed by atoms with E-state index in [1.807, 2.05) is 30.7 Å². The zero-order chi connectivity index (χ0) is 11.9. The number of hydrogen-bond donors (Lipinski definition) is 1. The predicted molar refractivity (Wildman–Crippen MR) is 70.2 cm³/mol. The second kappa shape index (κ2) is 3.94. The van der Waals surface area contributed by atoms with Gasteiger partial charge >= 0.3 is 0 Å². The maximum absolute atomic E-state index is 6.01. The van der Waals surface area contributed by atoms with Crippen molar-refractivity contribution >= 4 is 21.7 Å². The van der Waals surface area contributed by atoms with E-state index in [9.17, 15) is 0 Å². The van der Waals surface area contributed by atoms with Crippen LogP contribution < -0.4 is 5.73 Å². The number of nitrogens with zero attached hydrogens (tertiary/aromatic N) is 2. The SMILES string of the molecule is Cc1ccc(-c2nc(C)n(C)c2N)cc1Br. The number of hydrogen-bond acceptors (Lipinski definition) is 2. The number of nitrogens with two attached hydrogens (primary N) is 1. The van der Waals surface area contributed by atoms with Gasteiger partial charge in [0.1, 0.15) is 17.3 Å². The van der Waals surface area contributed by atoms with Crippen molar-refractivity contribution in [3.05, 3.63) is 34.1 Å². The molecule has 0 saturated heterocycles. The molecule has 1 heterocycles. The highest BCUT2D eigenvalue weighted by Crippen LogP contribution is 2.29. The summed E-state index contributed by atoms with van der Waals surface area (Å²) in [7, 11) is 1.92. The van der Waals surface area contributed by atoms with Crippen molar-refractivity contribution in [2.45, 2.75) is 13.8 Å². The molecule has 2 aromatic rings. The van der Waals surface area contributed by atoms with Gasteiger partial charge in [0, 0.05) is 17.1 Å². The Bertz CT molecular complexity index is 543. The lowest BCUT2D eigenvalue weighted by molar-refractivity contribution is 0.868. The number of benzene rings is 1. The van der Waals surface area contributed by atoms with E-state index in [1.54, 1.807) is 0 Å². The van der Waals surface area contributed by atoms with E-state index in [-0.39, 0.29) is 0 Å². The first kappa shape index (κ1) is 11.2. The molecule has 0 fully saturated rings. The molecule has 4 heteroatoms. The van der Waals surface area contributed by atoms with E-state index in [0.29, 0.717) is 5.82 Å². The lowest BCUT2D eigenvalue weighted by atomic mass is 10.1. The Morgan fingerprint density at radius 3 is 2.50 bits per heavy atom. The first-order valence-electron chi connectivity index (χ1n) is 5.06. The Morgan fingerprint density at radius 2 is 2.00 bits per heavy atom. The lowest BCUT2D eigenvalue weighted by Crippen LogP contribution is -1.98. The fourth-order valence-electron chi connectivity index (χ4n) is 1.58. The molecule has 3 nitrogen and oxygen atoms in total. The number of aryl methyl sites for hydroxylation is 2. The minimum Gasteiger partial charge on any atom is -0.383 e. The summed E-state index contributed by atoms with van der Waals surface area (Å²) in [5.74, 6) is 1.62. The second-order valence-electron chi connectivity index (χ2n) is 3.92. The fourth-order valence-corrected chi connectivity index (χ4v) is 1.96. The molecule has 0 saturated carbocycles. The van der Waals surface area contributed by atoms with E-state index >= 15 is 0 Å². The molecule has 0 spiro atoms. The number of imidazole rings is 1. The van der Waals surface area contributed by atoms with Crippen LogP contribution in [-0.2, 0) is 7.05 Å². The van der Waals surface area contributed by atoms with Crippen molar-refractivity contribution < 1.29 is 0 Å². The molecule has 0 aliphatic carbocycles. The van der Waals surface area contributed by atoms with Crippen LogP contribution in [0.1, 0.15) is 11.4 Å². The quantitative estimate of drug-likeness (QED) is 0.872. The number of halogens is 1. The van der Waals surface area contributed by atoms with Gasteiger partial charge in [-0.3, -0.25) is 0 Å². The van der Waals surface area contributed by atoms with Gasteiger partial charge in [0.2, 0.25) is 0 Å². The van der Waals surface area contributed by atoms with E-state index < -0.39 is 0 Å². The maximum atomic E-state index is 6.01. The van der Waals surface area contributed by atoms with Crippen LogP contribution in [-0.4, -0.2) is 9.55 Å².